The lowest BCUT2D eigenvalue weighted by Gasteiger charge is -2.19. The molecule has 0 heterocycles. The summed E-state index contributed by atoms with van der Waals surface area (Å²) in [6, 6.07) is 8.11. The van der Waals surface area contributed by atoms with Crippen molar-refractivity contribution in [3.63, 3.8) is 0 Å². The molecule has 1 rings (SSSR count). The average molecular weight is 315 g/mol. The maximum atomic E-state index is 12.5. The van der Waals surface area contributed by atoms with E-state index in [1.807, 2.05) is 25.1 Å². The van der Waals surface area contributed by atoms with Crippen LogP contribution in [0, 0.1) is 11.3 Å². The second-order valence-corrected chi connectivity index (χ2v) is 5.18. The number of amides is 2. The van der Waals surface area contributed by atoms with Crippen LogP contribution in [0.5, 0.6) is 0 Å². The van der Waals surface area contributed by atoms with Gasteiger partial charge in [-0.3, -0.25) is 9.59 Å². The van der Waals surface area contributed by atoms with E-state index in [0.717, 1.165) is 11.4 Å². The van der Waals surface area contributed by atoms with Crippen molar-refractivity contribution >= 4 is 23.2 Å². The Morgan fingerprint density at radius 1 is 1.30 bits per heavy atom. The van der Waals surface area contributed by atoms with Crippen LogP contribution >= 0.6 is 0 Å². The minimum absolute atomic E-state index is 0.143. The smallest absolute Gasteiger partial charge is 0.277 e. The minimum Gasteiger partial charge on any atom is -0.399 e. The van der Waals surface area contributed by atoms with E-state index in [1.54, 1.807) is 24.3 Å². The normalized spacial score (nSPS) is 11.0. The number of nitrogens with two attached hydrogens (primary N) is 1. The van der Waals surface area contributed by atoms with Crippen molar-refractivity contribution in [1.82, 2.24) is 10.2 Å². The second-order valence-electron chi connectivity index (χ2n) is 5.18. The summed E-state index contributed by atoms with van der Waals surface area (Å²) in [6.45, 7) is 2.59. The minimum atomic E-state index is -0.679. The number of likely N-dealkylation sites (N-methyl/N-ethyl adjacent to an activating group) is 1. The van der Waals surface area contributed by atoms with Gasteiger partial charge in [-0.25, -0.2) is 4.90 Å². The maximum Gasteiger partial charge on any atom is 0.277 e. The van der Waals surface area contributed by atoms with E-state index in [1.165, 1.54) is 13.1 Å². The summed E-state index contributed by atoms with van der Waals surface area (Å²) in [5, 5.41) is 12.1. The van der Waals surface area contributed by atoms with E-state index >= 15 is 0 Å². The number of carbonyl (C=O) groups excluding carboxylic acids is 2. The Balaban J connectivity index is 2.95. The zero-order chi connectivity index (χ0) is 17.4. The van der Waals surface area contributed by atoms with Gasteiger partial charge < -0.3 is 16.0 Å². The van der Waals surface area contributed by atoms with Crippen molar-refractivity contribution < 1.29 is 9.59 Å². The fourth-order valence-corrected chi connectivity index (χ4v) is 1.79. The van der Waals surface area contributed by atoms with Crippen LogP contribution in [0.15, 0.2) is 36.0 Å². The van der Waals surface area contributed by atoms with Gasteiger partial charge in [0.15, 0.2) is 0 Å². The van der Waals surface area contributed by atoms with E-state index in [-0.39, 0.29) is 5.57 Å². The molecule has 7 heteroatoms. The number of carbonyl (C=O) groups is 2. The molecule has 0 aromatic heterocycles. The predicted octanol–water partition coefficient (Wildman–Crippen LogP) is 0.707. The molecule has 7 nitrogen and oxygen atoms in total. The van der Waals surface area contributed by atoms with E-state index in [9.17, 15) is 14.9 Å². The first-order chi connectivity index (χ1) is 10.9. The fraction of sp³-hybridized carbons (Fsp3) is 0.312. The molecule has 0 fully saturated rings. The summed E-state index contributed by atoms with van der Waals surface area (Å²) < 4.78 is 0. The number of anilines is 2. The van der Waals surface area contributed by atoms with Crippen molar-refractivity contribution in [3.8, 4) is 6.07 Å². The van der Waals surface area contributed by atoms with E-state index in [4.69, 9.17) is 5.73 Å². The Kier molecular flexibility index (Phi) is 6.77. The van der Waals surface area contributed by atoms with Crippen LogP contribution in [0.4, 0.5) is 11.4 Å². The van der Waals surface area contributed by atoms with Gasteiger partial charge in [0.2, 0.25) is 5.91 Å². The summed E-state index contributed by atoms with van der Waals surface area (Å²) in [4.78, 5) is 27.2. The first-order valence-corrected chi connectivity index (χ1v) is 7.05. The largest absolute Gasteiger partial charge is 0.399 e. The summed E-state index contributed by atoms with van der Waals surface area (Å²) in [7, 11) is 3.83. The first kappa shape index (κ1) is 18.2. The Morgan fingerprint density at radius 3 is 2.39 bits per heavy atom. The van der Waals surface area contributed by atoms with Crippen molar-refractivity contribution in [1.29, 1.82) is 5.26 Å². The number of rotatable bonds is 6. The lowest BCUT2D eigenvalue weighted by Crippen LogP contribution is -2.36. The third kappa shape index (κ3) is 5.45. The quantitative estimate of drug-likeness (QED) is 0.347. The molecule has 3 N–H and O–H groups in total. The molecule has 2 amide bonds. The number of benzene rings is 1. The van der Waals surface area contributed by atoms with Gasteiger partial charge in [0, 0.05) is 31.9 Å². The molecule has 0 saturated heterocycles. The summed E-state index contributed by atoms with van der Waals surface area (Å²) >= 11 is 0. The molecule has 0 aliphatic rings. The van der Waals surface area contributed by atoms with Crippen LogP contribution in [0.2, 0.25) is 0 Å². The first-order valence-electron chi connectivity index (χ1n) is 7.05. The molecule has 23 heavy (non-hydrogen) atoms. The summed E-state index contributed by atoms with van der Waals surface area (Å²) in [6.07, 6.45) is 1.33. The van der Waals surface area contributed by atoms with E-state index < -0.39 is 11.8 Å². The molecule has 1 aromatic rings. The Labute approximate surface area is 136 Å². The number of nitrogens with one attached hydrogen (secondary N) is 1. The molecular weight excluding hydrogens is 294 g/mol. The highest BCUT2D eigenvalue weighted by atomic mass is 16.2. The predicted molar refractivity (Wildman–Crippen MR) is 89.3 cm³/mol. The maximum absolute atomic E-state index is 12.5. The van der Waals surface area contributed by atoms with Crippen molar-refractivity contribution in [2.75, 3.05) is 37.8 Å². The lowest BCUT2D eigenvalue weighted by molar-refractivity contribution is -0.123. The number of nitrogen functional groups attached to an aromatic ring is 1. The van der Waals surface area contributed by atoms with E-state index in [0.29, 0.717) is 17.9 Å². The van der Waals surface area contributed by atoms with Crippen LogP contribution in [0.1, 0.15) is 6.92 Å². The molecule has 0 spiro atoms. The molecule has 0 aliphatic heterocycles. The molecule has 1 aromatic carbocycles. The SMILES string of the molecule is CC(=O)N(C(=O)/C(C#N)=C\NCCN(C)C)c1ccc(N)cc1. The Bertz CT molecular complexity index is 629. The van der Waals surface area contributed by atoms with Gasteiger partial charge in [-0.2, -0.15) is 5.26 Å². The van der Waals surface area contributed by atoms with Crippen molar-refractivity contribution in [2.45, 2.75) is 6.92 Å². The van der Waals surface area contributed by atoms with E-state index in [2.05, 4.69) is 5.32 Å². The number of hydrogen-bond donors (Lipinski definition) is 2. The molecule has 0 atom stereocenters. The molecule has 122 valence electrons. The number of nitriles is 1. The monoisotopic (exact) mass is 315 g/mol. The number of hydrogen-bond acceptors (Lipinski definition) is 6. The molecule has 0 radical (unpaired) electrons. The third-order valence-electron chi connectivity index (χ3n) is 2.97. The van der Waals surface area contributed by atoms with Gasteiger partial charge in [0.1, 0.15) is 11.6 Å². The molecule has 0 unspecified atom stereocenters. The average Bonchev–Trinajstić information content (AvgIpc) is 2.48. The van der Waals surface area contributed by atoms with Crippen LogP contribution in [0.3, 0.4) is 0 Å². The molecule has 0 bridgehead atoms. The van der Waals surface area contributed by atoms with Crippen molar-refractivity contribution in [3.05, 3.63) is 36.0 Å². The Morgan fingerprint density at radius 2 is 1.91 bits per heavy atom. The highest BCUT2D eigenvalue weighted by Crippen LogP contribution is 2.18. The summed E-state index contributed by atoms with van der Waals surface area (Å²) in [5.41, 5.74) is 6.35. The van der Waals surface area contributed by atoms with Gasteiger partial charge in [0.25, 0.3) is 5.91 Å². The van der Waals surface area contributed by atoms with Gasteiger partial charge >= 0.3 is 0 Å². The summed E-state index contributed by atoms with van der Waals surface area (Å²) in [5.74, 6) is -1.16. The number of imide groups is 1. The lowest BCUT2D eigenvalue weighted by atomic mass is 10.2. The fourth-order valence-electron chi connectivity index (χ4n) is 1.79. The van der Waals surface area contributed by atoms with Gasteiger partial charge in [-0.1, -0.05) is 0 Å². The standard InChI is InChI=1S/C16H21N5O2/c1-12(22)21(15-6-4-14(18)5-7-15)16(23)13(10-17)11-19-8-9-20(2)3/h4-7,11,19H,8-9,18H2,1-3H3/b13-11-. The van der Waals surface area contributed by atoms with Crippen LogP contribution < -0.4 is 16.0 Å². The zero-order valence-corrected chi connectivity index (χ0v) is 13.5. The number of nitrogens with zero attached hydrogens (tertiary/aromatic N) is 3. The highest BCUT2D eigenvalue weighted by Gasteiger charge is 2.23. The topological polar surface area (TPSA) is 102 Å². The van der Waals surface area contributed by atoms with Crippen LogP contribution in [-0.2, 0) is 9.59 Å². The van der Waals surface area contributed by atoms with Gasteiger partial charge in [0.05, 0.1) is 5.69 Å². The molecular formula is C16H21N5O2. The van der Waals surface area contributed by atoms with Gasteiger partial charge in [-0.15, -0.1) is 0 Å². The zero-order valence-electron chi connectivity index (χ0n) is 13.5. The third-order valence-corrected chi connectivity index (χ3v) is 2.97. The Hall–Kier alpha value is -2.85. The van der Waals surface area contributed by atoms with Crippen LogP contribution in [-0.4, -0.2) is 43.9 Å². The molecule has 0 saturated carbocycles. The van der Waals surface area contributed by atoms with Gasteiger partial charge in [-0.05, 0) is 38.4 Å². The second kappa shape index (κ2) is 8.56. The van der Waals surface area contributed by atoms with Crippen LogP contribution in [0.25, 0.3) is 0 Å². The molecule has 0 aliphatic carbocycles. The highest BCUT2D eigenvalue weighted by molar-refractivity contribution is 6.21. The van der Waals surface area contributed by atoms with Crippen molar-refractivity contribution in [2.24, 2.45) is 0 Å².